The average molecular weight is 385 g/mol. The molecule has 0 bridgehead atoms. The first-order valence-corrected chi connectivity index (χ1v) is 7.01. The predicted octanol–water partition coefficient (Wildman–Crippen LogP) is 3.20. The topological polar surface area (TPSA) is 38.3 Å². The summed E-state index contributed by atoms with van der Waals surface area (Å²) < 4.78 is 6.55. The van der Waals surface area contributed by atoms with Crippen LogP contribution in [0.3, 0.4) is 0 Å². The molecular weight excluding hydrogens is 373 g/mol. The Bertz CT molecular complexity index is 401. The van der Waals surface area contributed by atoms with E-state index in [0.29, 0.717) is 18.1 Å². The highest BCUT2D eigenvalue weighted by Gasteiger charge is 2.15. The molecule has 1 N–H and O–H groups in total. The Morgan fingerprint density at radius 2 is 2.24 bits per heavy atom. The van der Waals surface area contributed by atoms with Crippen LogP contribution in [0.25, 0.3) is 0 Å². The summed E-state index contributed by atoms with van der Waals surface area (Å²) in [5, 5.41) is 2.81. The zero-order chi connectivity index (χ0) is 12.8. The molecule has 1 amide bonds. The van der Waals surface area contributed by atoms with Crippen molar-refractivity contribution < 1.29 is 9.53 Å². The highest BCUT2D eigenvalue weighted by atomic mass is 79.9. The fourth-order valence-corrected chi connectivity index (χ4v) is 2.21. The van der Waals surface area contributed by atoms with Gasteiger partial charge in [0.2, 0.25) is 0 Å². The average Bonchev–Trinajstić information content (AvgIpc) is 2.31. The van der Waals surface area contributed by atoms with Gasteiger partial charge in [-0.25, -0.2) is 0 Å². The standard InChI is InChI=1S/C11H12Br2ClNO2/c1-17-6-8(5-14)15-11(16)9-4-7(12)2-3-10(9)13/h2-4,8H,5-6H2,1H3,(H,15,16). The number of carbonyl (C=O) groups is 1. The molecular formula is C11H12Br2ClNO2. The first kappa shape index (κ1) is 15.0. The number of nitrogens with one attached hydrogen (secondary N) is 1. The van der Waals surface area contributed by atoms with Crippen LogP contribution in [-0.2, 0) is 4.74 Å². The molecule has 1 atom stereocenters. The number of rotatable bonds is 5. The van der Waals surface area contributed by atoms with Gasteiger partial charge in [-0.3, -0.25) is 4.79 Å². The zero-order valence-electron chi connectivity index (χ0n) is 9.17. The Labute approximate surface area is 122 Å². The molecule has 3 nitrogen and oxygen atoms in total. The highest BCUT2D eigenvalue weighted by molar-refractivity contribution is 9.11. The summed E-state index contributed by atoms with van der Waals surface area (Å²) in [6.45, 7) is 0.390. The second-order valence-electron chi connectivity index (χ2n) is 3.40. The van der Waals surface area contributed by atoms with E-state index in [1.54, 1.807) is 13.2 Å². The molecule has 1 rings (SSSR count). The van der Waals surface area contributed by atoms with Crippen molar-refractivity contribution in [1.29, 1.82) is 0 Å². The third kappa shape index (κ3) is 4.58. The van der Waals surface area contributed by atoms with Crippen LogP contribution >= 0.6 is 43.5 Å². The Hall–Kier alpha value is -0.100. The lowest BCUT2D eigenvalue weighted by atomic mass is 10.2. The van der Waals surface area contributed by atoms with E-state index in [0.717, 1.165) is 8.95 Å². The molecule has 0 radical (unpaired) electrons. The molecule has 94 valence electrons. The molecule has 6 heteroatoms. The van der Waals surface area contributed by atoms with E-state index in [1.165, 1.54) is 0 Å². The van der Waals surface area contributed by atoms with E-state index in [2.05, 4.69) is 37.2 Å². The van der Waals surface area contributed by atoms with Gasteiger partial charge >= 0.3 is 0 Å². The number of ether oxygens (including phenoxy) is 1. The molecule has 0 heterocycles. The maximum Gasteiger partial charge on any atom is 0.252 e. The quantitative estimate of drug-likeness (QED) is 0.791. The van der Waals surface area contributed by atoms with Crippen LogP contribution in [0, 0.1) is 0 Å². The Morgan fingerprint density at radius 3 is 2.82 bits per heavy atom. The van der Waals surface area contributed by atoms with Crippen molar-refractivity contribution in [2.24, 2.45) is 0 Å². The number of hydrogen-bond donors (Lipinski definition) is 1. The predicted molar refractivity (Wildman–Crippen MR) is 75.7 cm³/mol. The monoisotopic (exact) mass is 383 g/mol. The maximum absolute atomic E-state index is 12.0. The van der Waals surface area contributed by atoms with E-state index in [4.69, 9.17) is 16.3 Å². The number of alkyl halides is 1. The molecule has 0 aliphatic carbocycles. The maximum atomic E-state index is 12.0. The van der Waals surface area contributed by atoms with Crippen molar-refractivity contribution in [3.8, 4) is 0 Å². The van der Waals surface area contributed by atoms with Gasteiger partial charge in [-0.1, -0.05) is 15.9 Å². The van der Waals surface area contributed by atoms with Gasteiger partial charge < -0.3 is 10.1 Å². The smallest absolute Gasteiger partial charge is 0.252 e. The molecule has 1 unspecified atom stereocenters. The molecule has 0 fully saturated rings. The number of methoxy groups -OCH3 is 1. The molecule has 0 aromatic heterocycles. The van der Waals surface area contributed by atoms with Gasteiger partial charge in [-0.05, 0) is 34.1 Å². The first-order valence-electron chi connectivity index (χ1n) is 4.89. The number of carbonyl (C=O) groups excluding carboxylic acids is 1. The fourth-order valence-electron chi connectivity index (χ4n) is 1.26. The number of amides is 1. The van der Waals surface area contributed by atoms with Gasteiger partial charge in [0.05, 0.1) is 18.2 Å². The fraction of sp³-hybridized carbons (Fsp3) is 0.364. The summed E-state index contributed by atoms with van der Waals surface area (Å²) in [5.41, 5.74) is 0.561. The van der Waals surface area contributed by atoms with Crippen LogP contribution in [0.5, 0.6) is 0 Å². The summed E-state index contributed by atoms with van der Waals surface area (Å²) in [6.07, 6.45) is 0. The largest absolute Gasteiger partial charge is 0.383 e. The second-order valence-corrected chi connectivity index (χ2v) is 5.48. The first-order chi connectivity index (χ1) is 8.08. The Kier molecular flexibility index (Phi) is 6.48. The van der Waals surface area contributed by atoms with Crippen molar-refractivity contribution in [1.82, 2.24) is 5.32 Å². The van der Waals surface area contributed by atoms with E-state index < -0.39 is 0 Å². The van der Waals surface area contributed by atoms with Gasteiger partial charge in [0.25, 0.3) is 5.91 Å². The second kappa shape index (κ2) is 7.36. The van der Waals surface area contributed by atoms with Gasteiger partial charge in [0, 0.05) is 21.9 Å². The van der Waals surface area contributed by atoms with E-state index in [-0.39, 0.29) is 11.9 Å². The molecule has 0 aliphatic rings. The molecule has 0 spiro atoms. The minimum atomic E-state index is -0.194. The van der Waals surface area contributed by atoms with Gasteiger partial charge in [-0.15, -0.1) is 11.6 Å². The molecule has 17 heavy (non-hydrogen) atoms. The summed E-state index contributed by atoms with van der Waals surface area (Å²) in [4.78, 5) is 12.0. The van der Waals surface area contributed by atoms with Gasteiger partial charge in [0.15, 0.2) is 0 Å². The minimum absolute atomic E-state index is 0.180. The van der Waals surface area contributed by atoms with Crippen molar-refractivity contribution in [2.75, 3.05) is 19.6 Å². The Balaban J connectivity index is 2.78. The molecule has 1 aromatic carbocycles. The third-order valence-corrected chi connectivity index (χ3v) is 3.62. The molecule has 0 saturated heterocycles. The zero-order valence-corrected chi connectivity index (χ0v) is 13.1. The summed E-state index contributed by atoms with van der Waals surface area (Å²) in [5.74, 6) is 0.131. The normalized spacial score (nSPS) is 12.2. The number of benzene rings is 1. The van der Waals surface area contributed by atoms with Gasteiger partial charge in [-0.2, -0.15) is 0 Å². The van der Waals surface area contributed by atoms with E-state index in [1.807, 2.05) is 12.1 Å². The lowest BCUT2D eigenvalue weighted by molar-refractivity contribution is 0.0906. The molecule has 1 aromatic rings. The van der Waals surface area contributed by atoms with Crippen LogP contribution in [0.1, 0.15) is 10.4 Å². The van der Waals surface area contributed by atoms with Crippen molar-refractivity contribution >= 4 is 49.4 Å². The van der Waals surface area contributed by atoms with Crippen LogP contribution in [-0.4, -0.2) is 31.5 Å². The van der Waals surface area contributed by atoms with Crippen LogP contribution in [0.4, 0.5) is 0 Å². The minimum Gasteiger partial charge on any atom is -0.383 e. The molecule has 0 aliphatic heterocycles. The van der Waals surface area contributed by atoms with E-state index >= 15 is 0 Å². The van der Waals surface area contributed by atoms with Crippen LogP contribution in [0.2, 0.25) is 0 Å². The Morgan fingerprint density at radius 1 is 1.53 bits per heavy atom. The van der Waals surface area contributed by atoms with Crippen LogP contribution < -0.4 is 5.32 Å². The van der Waals surface area contributed by atoms with Crippen molar-refractivity contribution in [3.63, 3.8) is 0 Å². The molecule has 0 saturated carbocycles. The van der Waals surface area contributed by atoms with Crippen molar-refractivity contribution in [2.45, 2.75) is 6.04 Å². The van der Waals surface area contributed by atoms with E-state index in [9.17, 15) is 4.79 Å². The number of halogens is 3. The third-order valence-electron chi connectivity index (χ3n) is 2.06. The van der Waals surface area contributed by atoms with Gasteiger partial charge in [0.1, 0.15) is 0 Å². The highest BCUT2D eigenvalue weighted by Crippen LogP contribution is 2.21. The lowest BCUT2D eigenvalue weighted by Crippen LogP contribution is -2.39. The SMILES string of the molecule is COCC(CCl)NC(=O)c1cc(Br)ccc1Br. The summed E-state index contributed by atoms with van der Waals surface area (Å²) in [6, 6.07) is 5.22. The summed E-state index contributed by atoms with van der Waals surface area (Å²) >= 11 is 12.4. The van der Waals surface area contributed by atoms with Crippen molar-refractivity contribution in [3.05, 3.63) is 32.7 Å². The summed E-state index contributed by atoms with van der Waals surface area (Å²) in [7, 11) is 1.57. The lowest BCUT2D eigenvalue weighted by Gasteiger charge is -2.15. The van der Waals surface area contributed by atoms with Crippen LogP contribution in [0.15, 0.2) is 27.1 Å². The number of hydrogen-bond acceptors (Lipinski definition) is 2.